The highest BCUT2D eigenvalue weighted by Gasteiger charge is 2.23. The smallest absolute Gasteiger partial charge is 0.252 e. The summed E-state index contributed by atoms with van der Waals surface area (Å²) in [6.45, 7) is 1.11. The van der Waals surface area contributed by atoms with E-state index in [1.807, 2.05) is 24.3 Å². The summed E-state index contributed by atoms with van der Waals surface area (Å²) in [5.41, 5.74) is 2.93. The fraction of sp³-hybridized carbons (Fsp3) is 0.190. The molecule has 0 N–H and O–H groups in total. The molecule has 0 aliphatic carbocycles. The van der Waals surface area contributed by atoms with Gasteiger partial charge in [0.25, 0.3) is 5.88 Å². The van der Waals surface area contributed by atoms with E-state index in [-0.39, 0.29) is 17.7 Å². The minimum atomic E-state index is -0.138. The predicted molar refractivity (Wildman–Crippen MR) is 107 cm³/mol. The maximum atomic E-state index is 9.60. The molecule has 2 aromatic carbocycles. The highest BCUT2D eigenvalue weighted by atomic mass is 35.5. The summed E-state index contributed by atoms with van der Waals surface area (Å²) in [6.07, 6.45) is 0.614. The fourth-order valence-electron chi connectivity index (χ4n) is 2.96. The summed E-state index contributed by atoms with van der Waals surface area (Å²) in [6, 6.07) is 16.6. The summed E-state index contributed by atoms with van der Waals surface area (Å²) in [5, 5.41) is 10.8. The predicted octanol–water partition coefficient (Wildman–Crippen LogP) is 5.16. The van der Waals surface area contributed by atoms with Crippen LogP contribution in [0.5, 0.6) is 5.88 Å². The van der Waals surface area contributed by atoms with Gasteiger partial charge in [-0.1, -0.05) is 47.5 Å². The van der Waals surface area contributed by atoms with Crippen LogP contribution in [0.1, 0.15) is 12.1 Å². The Hall–Kier alpha value is -2.65. The molecule has 0 bridgehead atoms. The van der Waals surface area contributed by atoms with Gasteiger partial charge in [-0.15, -0.1) is 0 Å². The number of ether oxygens (including phenoxy) is 2. The molecule has 0 amide bonds. The molecule has 1 aliphatic heterocycles. The zero-order valence-corrected chi connectivity index (χ0v) is 16.2. The SMILES string of the molecule is N#Cc1nc(-c2ccc(Cl)cc2)c(-c2ccc(Cl)cc2)nc1OC1CCOC1. The second-order valence-electron chi connectivity index (χ2n) is 6.30. The van der Waals surface area contributed by atoms with Crippen LogP contribution in [0.4, 0.5) is 0 Å². The lowest BCUT2D eigenvalue weighted by molar-refractivity contribution is 0.137. The van der Waals surface area contributed by atoms with Crippen LogP contribution in [-0.4, -0.2) is 29.3 Å². The van der Waals surface area contributed by atoms with Gasteiger partial charge in [0.05, 0.1) is 18.9 Å². The zero-order valence-electron chi connectivity index (χ0n) is 14.7. The van der Waals surface area contributed by atoms with Crippen LogP contribution in [0.2, 0.25) is 10.0 Å². The number of benzene rings is 2. The molecule has 1 atom stereocenters. The van der Waals surface area contributed by atoms with Crippen LogP contribution < -0.4 is 4.74 Å². The van der Waals surface area contributed by atoms with Gasteiger partial charge >= 0.3 is 0 Å². The van der Waals surface area contributed by atoms with Crippen molar-refractivity contribution in [3.05, 3.63) is 64.3 Å². The Morgan fingerprint density at radius 1 is 0.929 bits per heavy atom. The number of hydrogen-bond donors (Lipinski definition) is 0. The monoisotopic (exact) mass is 411 g/mol. The number of halogens is 2. The van der Waals surface area contributed by atoms with Crippen molar-refractivity contribution < 1.29 is 9.47 Å². The summed E-state index contributed by atoms with van der Waals surface area (Å²) >= 11 is 12.1. The molecule has 3 aromatic rings. The second kappa shape index (κ2) is 8.15. The Kier molecular flexibility index (Phi) is 5.45. The van der Waals surface area contributed by atoms with Gasteiger partial charge in [-0.05, 0) is 24.3 Å². The van der Waals surface area contributed by atoms with Gasteiger partial charge < -0.3 is 9.47 Å². The van der Waals surface area contributed by atoms with Gasteiger partial charge in [0.15, 0.2) is 0 Å². The third-order valence-electron chi connectivity index (χ3n) is 4.37. The molecule has 140 valence electrons. The van der Waals surface area contributed by atoms with E-state index in [1.165, 1.54) is 0 Å². The normalized spacial score (nSPS) is 16.0. The fourth-order valence-corrected chi connectivity index (χ4v) is 3.21. The minimum Gasteiger partial charge on any atom is -0.470 e. The molecule has 5 nitrogen and oxygen atoms in total. The van der Waals surface area contributed by atoms with Crippen LogP contribution in [-0.2, 0) is 4.74 Å². The van der Waals surface area contributed by atoms with Crippen molar-refractivity contribution >= 4 is 23.2 Å². The van der Waals surface area contributed by atoms with E-state index in [0.29, 0.717) is 34.6 Å². The van der Waals surface area contributed by atoms with Gasteiger partial charge in [0.2, 0.25) is 5.69 Å². The third kappa shape index (κ3) is 3.95. The van der Waals surface area contributed by atoms with Gasteiger partial charge in [-0.2, -0.15) is 5.26 Å². The second-order valence-corrected chi connectivity index (χ2v) is 7.18. The molecule has 4 rings (SSSR count). The van der Waals surface area contributed by atoms with Crippen LogP contribution in [0, 0.1) is 11.3 Å². The van der Waals surface area contributed by atoms with Crippen molar-refractivity contribution in [1.29, 1.82) is 5.26 Å². The summed E-state index contributed by atoms with van der Waals surface area (Å²) < 4.78 is 11.3. The molecule has 28 heavy (non-hydrogen) atoms. The van der Waals surface area contributed by atoms with Crippen molar-refractivity contribution in [2.75, 3.05) is 13.2 Å². The Morgan fingerprint density at radius 2 is 1.50 bits per heavy atom. The van der Waals surface area contributed by atoms with Crippen LogP contribution >= 0.6 is 23.2 Å². The van der Waals surface area contributed by atoms with E-state index in [4.69, 9.17) is 32.7 Å². The molecule has 1 unspecified atom stereocenters. The standard InChI is InChI=1S/C21H15Cl2N3O2/c22-15-5-1-13(2-6-15)19-20(14-3-7-16(23)8-4-14)26-21(18(11-24)25-19)28-17-9-10-27-12-17/h1-8,17H,9-10,12H2. The lowest BCUT2D eigenvalue weighted by Gasteiger charge is -2.15. The van der Waals surface area contributed by atoms with E-state index in [1.54, 1.807) is 24.3 Å². The average molecular weight is 412 g/mol. The molecule has 1 fully saturated rings. The summed E-state index contributed by atoms with van der Waals surface area (Å²) in [7, 11) is 0. The number of nitriles is 1. The van der Waals surface area contributed by atoms with E-state index in [9.17, 15) is 5.26 Å². The molecular weight excluding hydrogens is 397 g/mol. The first kappa shape index (κ1) is 18.7. The minimum absolute atomic E-state index is 0.134. The first-order chi connectivity index (χ1) is 13.6. The maximum Gasteiger partial charge on any atom is 0.252 e. The molecule has 0 saturated carbocycles. The quantitative estimate of drug-likeness (QED) is 0.593. The molecule has 1 aliphatic rings. The number of nitrogens with zero attached hydrogens (tertiary/aromatic N) is 3. The highest BCUT2D eigenvalue weighted by molar-refractivity contribution is 6.31. The van der Waals surface area contributed by atoms with Gasteiger partial charge in [0, 0.05) is 27.6 Å². The van der Waals surface area contributed by atoms with Gasteiger partial charge in [-0.25, -0.2) is 9.97 Å². The Labute approximate surface area is 172 Å². The highest BCUT2D eigenvalue weighted by Crippen LogP contribution is 2.33. The van der Waals surface area contributed by atoms with Crippen molar-refractivity contribution in [2.24, 2.45) is 0 Å². The largest absolute Gasteiger partial charge is 0.470 e. The summed E-state index contributed by atoms with van der Waals surface area (Å²) in [5.74, 6) is 0.209. The lowest BCUT2D eigenvalue weighted by atomic mass is 10.0. The van der Waals surface area contributed by atoms with Crippen molar-refractivity contribution in [1.82, 2.24) is 9.97 Å². The van der Waals surface area contributed by atoms with E-state index in [2.05, 4.69) is 16.0 Å². The molecule has 0 spiro atoms. The van der Waals surface area contributed by atoms with Crippen LogP contribution in [0.3, 0.4) is 0 Å². The van der Waals surface area contributed by atoms with Crippen molar-refractivity contribution in [3.63, 3.8) is 0 Å². The topological polar surface area (TPSA) is 68.0 Å². The first-order valence-corrected chi connectivity index (χ1v) is 9.48. The number of aromatic nitrogens is 2. The van der Waals surface area contributed by atoms with E-state index >= 15 is 0 Å². The van der Waals surface area contributed by atoms with Crippen molar-refractivity contribution in [3.8, 4) is 34.5 Å². The first-order valence-electron chi connectivity index (χ1n) is 8.72. The van der Waals surface area contributed by atoms with Crippen LogP contribution in [0.15, 0.2) is 48.5 Å². The molecule has 2 heterocycles. The third-order valence-corrected chi connectivity index (χ3v) is 4.88. The molecule has 0 radical (unpaired) electrons. The number of hydrogen-bond acceptors (Lipinski definition) is 5. The molecule has 1 saturated heterocycles. The van der Waals surface area contributed by atoms with Crippen molar-refractivity contribution in [2.45, 2.75) is 12.5 Å². The van der Waals surface area contributed by atoms with Gasteiger partial charge in [0.1, 0.15) is 17.9 Å². The molecule has 7 heteroatoms. The molecular formula is C21H15Cl2N3O2. The van der Waals surface area contributed by atoms with E-state index in [0.717, 1.165) is 17.5 Å². The summed E-state index contributed by atoms with van der Waals surface area (Å²) in [4.78, 5) is 9.23. The van der Waals surface area contributed by atoms with Gasteiger partial charge in [-0.3, -0.25) is 0 Å². The maximum absolute atomic E-state index is 9.60. The zero-order chi connectivity index (χ0) is 19.5. The Bertz CT molecular complexity index is 1030. The van der Waals surface area contributed by atoms with E-state index < -0.39 is 0 Å². The lowest BCUT2D eigenvalue weighted by Crippen LogP contribution is -2.18. The average Bonchev–Trinajstić information content (AvgIpc) is 3.22. The molecule has 1 aromatic heterocycles. The van der Waals surface area contributed by atoms with Crippen LogP contribution in [0.25, 0.3) is 22.5 Å². The Balaban J connectivity index is 1.86. The number of rotatable bonds is 4. The Morgan fingerprint density at radius 3 is 2.00 bits per heavy atom.